The molecule has 0 atom stereocenters. The van der Waals surface area contributed by atoms with E-state index in [2.05, 4.69) is 0 Å². The Hall–Kier alpha value is -1.09. The molecule has 94 valence electrons. The van der Waals surface area contributed by atoms with E-state index in [1.807, 2.05) is 6.07 Å². The maximum absolute atomic E-state index is 13.7. The number of rotatable bonds is 7. The molecule has 1 aliphatic carbocycles. The van der Waals surface area contributed by atoms with Crippen molar-refractivity contribution in [3.63, 3.8) is 0 Å². The Balaban J connectivity index is 1.98. The molecule has 3 heteroatoms. The van der Waals surface area contributed by atoms with Gasteiger partial charge in [0.05, 0.1) is 6.61 Å². The molecule has 1 fully saturated rings. The van der Waals surface area contributed by atoms with Gasteiger partial charge in [0.25, 0.3) is 0 Å². The molecule has 0 saturated heterocycles. The van der Waals surface area contributed by atoms with E-state index in [0.29, 0.717) is 24.8 Å². The Morgan fingerprint density at radius 3 is 2.82 bits per heavy atom. The standard InChI is InChI=1S/C14H20FNO/c15-13-6-3-5-12(4-1-2-9-16)14(13)17-10-11-7-8-11/h3,5-6,11H,1-2,4,7-10,16H2. The number of hydrogen-bond acceptors (Lipinski definition) is 2. The molecule has 0 amide bonds. The van der Waals surface area contributed by atoms with Gasteiger partial charge in [-0.05, 0) is 56.2 Å². The van der Waals surface area contributed by atoms with E-state index < -0.39 is 0 Å². The van der Waals surface area contributed by atoms with Crippen molar-refractivity contribution in [2.24, 2.45) is 11.7 Å². The topological polar surface area (TPSA) is 35.2 Å². The van der Waals surface area contributed by atoms with Gasteiger partial charge in [0.1, 0.15) is 0 Å². The first-order valence-electron chi connectivity index (χ1n) is 6.41. The van der Waals surface area contributed by atoms with Crippen LogP contribution in [-0.2, 0) is 6.42 Å². The quantitative estimate of drug-likeness (QED) is 0.740. The van der Waals surface area contributed by atoms with Crippen molar-refractivity contribution in [3.8, 4) is 5.75 Å². The van der Waals surface area contributed by atoms with Gasteiger partial charge in [-0.2, -0.15) is 0 Å². The summed E-state index contributed by atoms with van der Waals surface area (Å²) in [5.74, 6) is 0.860. The SMILES string of the molecule is NCCCCc1cccc(F)c1OCC1CC1. The molecule has 0 spiro atoms. The zero-order valence-corrected chi connectivity index (χ0v) is 10.1. The molecule has 1 aliphatic rings. The van der Waals surface area contributed by atoms with Crippen LogP contribution in [0.15, 0.2) is 18.2 Å². The summed E-state index contributed by atoms with van der Waals surface area (Å²) in [5, 5.41) is 0. The Morgan fingerprint density at radius 1 is 1.29 bits per heavy atom. The number of hydrogen-bond donors (Lipinski definition) is 1. The van der Waals surface area contributed by atoms with E-state index in [0.717, 1.165) is 24.8 Å². The summed E-state index contributed by atoms with van der Waals surface area (Å²) < 4.78 is 19.3. The van der Waals surface area contributed by atoms with Crippen molar-refractivity contribution in [1.82, 2.24) is 0 Å². The fraction of sp³-hybridized carbons (Fsp3) is 0.571. The lowest BCUT2D eigenvalue weighted by atomic mass is 10.1. The monoisotopic (exact) mass is 237 g/mol. The minimum atomic E-state index is -0.240. The summed E-state index contributed by atoms with van der Waals surface area (Å²) in [6, 6.07) is 5.16. The normalized spacial score (nSPS) is 14.9. The first-order valence-corrected chi connectivity index (χ1v) is 6.41. The van der Waals surface area contributed by atoms with Crippen LogP contribution in [-0.4, -0.2) is 13.2 Å². The van der Waals surface area contributed by atoms with Gasteiger partial charge >= 0.3 is 0 Å². The van der Waals surface area contributed by atoms with E-state index in [1.165, 1.54) is 18.9 Å². The zero-order valence-electron chi connectivity index (χ0n) is 10.1. The molecule has 2 N–H and O–H groups in total. The van der Waals surface area contributed by atoms with Gasteiger partial charge < -0.3 is 10.5 Å². The van der Waals surface area contributed by atoms with Crippen molar-refractivity contribution < 1.29 is 9.13 Å². The van der Waals surface area contributed by atoms with Crippen LogP contribution in [0.2, 0.25) is 0 Å². The molecule has 17 heavy (non-hydrogen) atoms. The van der Waals surface area contributed by atoms with Crippen molar-refractivity contribution in [2.75, 3.05) is 13.2 Å². The maximum Gasteiger partial charge on any atom is 0.165 e. The van der Waals surface area contributed by atoms with E-state index in [4.69, 9.17) is 10.5 Å². The molecular formula is C14H20FNO. The van der Waals surface area contributed by atoms with E-state index in [9.17, 15) is 4.39 Å². The van der Waals surface area contributed by atoms with Crippen LogP contribution < -0.4 is 10.5 Å². The summed E-state index contributed by atoms with van der Waals surface area (Å²) in [6.45, 7) is 1.35. The number of para-hydroxylation sites is 1. The first kappa shape index (κ1) is 12.4. The Morgan fingerprint density at radius 2 is 2.12 bits per heavy atom. The average molecular weight is 237 g/mol. The van der Waals surface area contributed by atoms with Gasteiger partial charge in [-0.15, -0.1) is 0 Å². The fourth-order valence-corrected chi connectivity index (χ4v) is 1.86. The van der Waals surface area contributed by atoms with Gasteiger partial charge in [0.2, 0.25) is 0 Å². The highest BCUT2D eigenvalue weighted by molar-refractivity contribution is 5.35. The molecule has 2 nitrogen and oxygen atoms in total. The molecule has 0 aliphatic heterocycles. The second kappa shape index (κ2) is 6.01. The number of ether oxygens (including phenoxy) is 1. The molecule has 0 unspecified atom stereocenters. The van der Waals surface area contributed by atoms with Crippen molar-refractivity contribution in [3.05, 3.63) is 29.6 Å². The second-order valence-electron chi connectivity index (χ2n) is 4.73. The molecule has 1 aromatic carbocycles. The number of halogens is 1. The Labute approximate surface area is 102 Å². The zero-order chi connectivity index (χ0) is 12.1. The molecule has 1 saturated carbocycles. The molecular weight excluding hydrogens is 217 g/mol. The first-order chi connectivity index (χ1) is 8.31. The molecule has 2 rings (SSSR count). The van der Waals surface area contributed by atoms with E-state index in [1.54, 1.807) is 6.07 Å². The van der Waals surface area contributed by atoms with Crippen molar-refractivity contribution >= 4 is 0 Å². The molecule has 0 heterocycles. The number of benzene rings is 1. The number of aryl methyl sites for hydroxylation is 1. The van der Waals surface area contributed by atoms with Crippen LogP contribution >= 0.6 is 0 Å². The minimum Gasteiger partial charge on any atom is -0.490 e. The van der Waals surface area contributed by atoms with Gasteiger partial charge in [0, 0.05) is 0 Å². The Bertz CT molecular complexity index is 363. The summed E-state index contributed by atoms with van der Waals surface area (Å²) in [5.41, 5.74) is 6.43. The molecule has 0 radical (unpaired) electrons. The van der Waals surface area contributed by atoms with E-state index in [-0.39, 0.29) is 5.82 Å². The maximum atomic E-state index is 13.7. The van der Waals surface area contributed by atoms with Gasteiger partial charge in [-0.3, -0.25) is 0 Å². The summed E-state index contributed by atoms with van der Waals surface area (Å²) in [7, 11) is 0. The number of nitrogens with two attached hydrogens (primary N) is 1. The highest BCUT2D eigenvalue weighted by Gasteiger charge is 2.23. The van der Waals surface area contributed by atoms with Crippen LogP contribution in [0.25, 0.3) is 0 Å². The van der Waals surface area contributed by atoms with Gasteiger partial charge in [-0.25, -0.2) is 4.39 Å². The second-order valence-corrected chi connectivity index (χ2v) is 4.73. The lowest BCUT2D eigenvalue weighted by Gasteiger charge is -2.12. The van der Waals surface area contributed by atoms with Crippen molar-refractivity contribution in [1.29, 1.82) is 0 Å². The summed E-state index contributed by atoms with van der Waals surface area (Å²) >= 11 is 0. The Kier molecular flexibility index (Phi) is 4.37. The molecule has 0 aromatic heterocycles. The molecule has 1 aromatic rings. The molecule has 0 bridgehead atoms. The van der Waals surface area contributed by atoms with Crippen molar-refractivity contribution in [2.45, 2.75) is 32.1 Å². The smallest absolute Gasteiger partial charge is 0.165 e. The summed E-state index contributed by atoms with van der Waals surface area (Å²) in [6.07, 6.45) is 5.24. The highest BCUT2D eigenvalue weighted by atomic mass is 19.1. The van der Waals surface area contributed by atoms with Crippen LogP contribution in [0.5, 0.6) is 5.75 Å². The minimum absolute atomic E-state index is 0.240. The lowest BCUT2D eigenvalue weighted by Crippen LogP contribution is -2.05. The fourth-order valence-electron chi connectivity index (χ4n) is 1.86. The van der Waals surface area contributed by atoms with Crippen LogP contribution in [0, 0.1) is 11.7 Å². The predicted octanol–water partition coefficient (Wildman–Crippen LogP) is 2.90. The third kappa shape index (κ3) is 3.70. The largest absolute Gasteiger partial charge is 0.490 e. The average Bonchev–Trinajstić information content (AvgIpc) is 3.12. The highest BCUT2D eigenvalue weighted by Crippen LogP contribution is 2.31. The van der Waals surface area contributed by atoms with Crippen LogP contribution in [0.3, 0.4) is 0 Å². The number of unbranched alkanes of at least 4 members (excludes halogenated alkanes) is 1. The third-order valence-electron chi connectivity index (χ3n) is 3.11. The van der Waals surface area contributed by atoms with Crippen LogP contribution in [0.1, 0.15) is 31.2 Å². The van der Waals surface area contributed by atoms with Crippen LogP contribution in [0.4, 0.5) is 4.39 Å². The van der Waals surface area contributed by atoms with E-state index >= 15 is 0 Å². The predicted molar refractivity (Wildman–Crippen MR) is 66.6 cm³/mol. The summed E-state index contributed by atoms with van der Waals surface area (Å²) in [4.78, 5) is 0. The van der Waals surface area contributed by atoms with Gasteiger partial charge in [-0.1, -0.05) is 12.1 Å². The lowest BCUT2D eigenvalue weighted by molar-refractivity contribution is 0.282. The van der Waals surface area contributed by atoms with Gasteiger partial charge in [0.15, 0.2) is 11.6 Å². The third-order valence-corrected chi connectivity index (χ3v) is 3.11.